The van der Waals surface area contributed by atoms with Gasteiger partial charge in [-0.05, 0) is 35.6 Å². The first-order valence-electron chi connectivity index (χ1n) is 5.94. The molecule has 0 fully saturated rings. The minimum Gasteiger partial charge on any atom is -0.486 e. The summed E-state index contributed by atoms with van der Waals surface area (Å²) >= 11 is 14.5. The maximum Gasteiger partial charge on any atom is 0.162 e. The van der Waals surface area contributed by atoms with Crippen molar-refractivity contribution < 1.29 is 9.47 Å². The second-order valence-electron chi connectivity index (χ2n) is 4.35. The van der Waals surface area contributed by atoms with Gasteiger partial charge in [0.05, 0.1) is 5.38 Å². The fraction of sp³-hybridized carbons (Fsp3) is 0.286. The lowest BCUT2D eigenvalue weighted by atomic mass is 10.1. The van der Waals surface area contributed by atoms with Crippen LogP contribution in [0.15, 0.2) is 23.6 Å². The minimum atomic E-state index is -0.261. The van der Waals surface area contributed by atoms with Gasteiger partial charge < -0.3 is 9.47 Å². The molecule has 0 saturated carbocycles. The van der Waals surface area contributed by atoms with E-state index in [0.29, 0.717) is 29.7 Å². The molecule has 1 aromatic heterocycles. The Kier molecular flexibility index (Phi) is 3.61. The van der Waals surface area contributed by atoms with Gasteiger partial charge in [-0.1, -0.05) is 11.6 Å². The van der Waals surface area contributed by atoms with E-state index in [1.54, 1.807) is 17.4 Å². The lowest BCUT2D eigenvalue weighted by molar-refractivity contribution is 0.171. The van der Waals surface area contributed by atoms with Crippen molar-refractivity contribution in [2.24, 2.45) is 0 Å². The van der Waals surface area contributed by atoms with Crippen LogP contribution in [0.3, 0.4) is 0 Å². The van der Waals surface area contributed by atoms with Crippen LogP contribution in [-0.2, 0) is 0 Å². The highest BCUT2D eigenvalue weighted by molar-refractivity contribution is 7.10. The Morgan fingerprint density at radius 3 is 2.53 bits per heavy atom. The van der Waals surface area contributed by atoms with Crippen molar-refractivity contribution in [3.63, 3.8) is 0 Å². The molecule has 2 nitrogen and oxygen atoms in total. The average molecular weight is 315 g/mol. The van der Waals surface area contributed by atoms with Crippen molar-refractivity contribution in [2.75, 3.05) is 13.2 Å². The molecule has 0 bridgehead atoms. The SMILES string of the molecule is Cc1ccsc1C(Cl)c1cc2c(cc1Cl)OCCO2. The third-order valence-electron chi connectivity index (χ3n) is 3.07. The summed E-state index contributed by atoms with van der Waals surface area (Å²) in [6.07, 6.45) is 0. The first-order valence-corrected chi connectivity index (χ1v) is 7.63. The summed E-state index contributed by atoms with van der Waals surface area (Å²) in [6.45, 7) is 3.16. The highest BCUT2D eigenvalue weighted by atomic mass is 35.5. The largest absolute Gasteiger partial charge is 0.486 e. The van der Waals surface area contributed by atoms with E-state index in [-0.39, 0.29) is 5.38 Å². The summed E-state index contributed by atoms with van der Waals surface area (Å²) in [5.74, 6) is 1.40. The average Bonchev–Trinajstić information content (AvgIpc) is 2.83. The van der Waals surface area contributed by atoms with E-state index in [2.05, 4.69) is 6.07 Å². The van der Waals surface area contributed by atoms with E-state index in [1.165, 1.54) is 5.56 Å². The third-order valence-corrected chi connectivity index (χ3v) is 5.06. The summed E-state index contributed by atoms with van der Waals surface area (Å²) in [4.78, 5) is 1.11. The number of benzene rings is 1. The van der Waals surface area contributed by atoms with Crippen molar-refractivity contribution in [3.8, 4) is 11.5 Å². The van der Waals surface area contributed by atoms with Crippen LogP contribution in [0.5, 0.6) is 11.5 Å². The van der Waals surface area contributed by atoms with Gasteiger partial charge in [-0.15, -0.1) is 22.9 Å². The molecule has 100 valence electrons. The predicted molar refractivity (Wildman–Crippen MR) is 79.2 cm³/mol. The fourth-order valence-electron chi connectivity index (χ4n) is 2.06. The molecule has 0 N–H and O–H groups in total. The normalized spacial score (nSPS) is 15.3. The van der Waals surface area contributed by atoms with E-state index >= 15 is 0 Å². The van der Waals surface area contributed by atoms with Crippen molar-refractivity contribution >= 4 is 34.5 Å². The number of hydrogen-bond donors (Lipinski definition) is 0. The molecule has 19 heavy (non-hydrogen) atoms. The zero-order valence-corrected chi connectivity index (χ0v) is 12.6. The van der Waals surface area contributed by atoms with Crippen LogP contribution in [-0.4, -0.2) is 13.2 Å². The number of hydrogen-bond acceptors (Lipinski definition) is 3. The predicted octanol–water partition coefficient (Wildman–Crippen LogP) is 4.81. The van der Waals surface area contributed by atoms with Gasteiger partial charge in [0.25, 0.3) is 0 Å². The molecule has 1 aliphatic heterocycles. The molecule has 0 radical (unpaired) electrons. The Balaban J connectivity index is 2.03. The standard InChI is InChI=1S/C14H12Cl2O2S/c1-8-2-5-19-14(8)13(16)9-6-11-12(7-10(9)15)18-4-3-17-11/h2,5-7,13H,3-4H2,1H3. The number of rotatable bonds is 2. The van der Waals surface area contributed by atoms with Crippen LogP contribution in [0.4, 0.5) is 0 Å². The number of alkyl halides is 1. The molecule has 2 aromatic rings. The fourth-order valence-corrected chi connectivity index (χ4v) is 3.80. The Morgan fingerprint density at radius 2 is 1.89 bits per heavy atom. The van der Waals surface area contributed by atoms with E-state index in [4.69, 9.17) is 32.7 Å². The van der Waals surface area contributed by atoms with Gasteiger partial charge in [0.15, 0.2) is 11.5 Å². The molecule has 0 aliphatic carbocycles. The molecular weight excluding hydrogens is 303 g/mol. The maximum absolute atomic E-state index is 6.56. The van der Waals surface area contributed by atoms with Gasteiger partial charge >= 0.3 is 0 Å². The van der Waals surface area contributed by atoms with Crippen LogP contribution >= 0.6 is 34.5 Å². The third kappa shape index (κ3) is 2.42. The van der Waals surface area contributed by atoms with E-state index < -0.39 is 0 Å². The first kappa shape index (κ1) is 13.1. The number of ether oxygens (including phenoxy) is 2. The molecule has 1 unspecified atom stereocenters. The summed E-state index contributed by atoms with van der Waals surface area (Å²) in [6, 6.07) is 5.72. The Hall–Kier alpha value is -0.900. The molecule has 0 saturated heterocycles. The van der Waals surface area contributed by atoms with Crippen molar-refractivity contribution in [1.29, 1.82) is 0 Å². The number of fused-ring (bicyclic) bond motifs is 1. The van der Waals surface area contributed by atoms with Crippen molar-refractivity contribution in [1.82, 2.24) is 0 Å². The molecule has 1 atom stereocenters. The Labute approximate surface area is 125 Å². The Morgan fingerprint density at radius 1 is 1.21 bits per heavy atom. The van der Waals surface area contributed by atoms with Crippen molar-refractivity contribution in [2.45, 2.75) is 12.3 Å². The lowest BCUT2D eigenvalue weighted by Crippen LogP contribution is -2.15. The number of halogens is 2. The van der Waals surface area contributed by atoms with Gasteiger partial charge in [0.2, 0.25) is 0 Å². The second kappa shape index (κ2) is 5.23. The summed E-state index contributed by atoms with van der Waals surface area (Å²) < 4.78 is 11.1. The second-order valence-corrected chi connectivity index (χ2v) is 6.14. The number of thiophene rings is 1. The van der Waals surface area contributed by atoms with E-state index in [0.717, 1.165) is 10.4 Å². The van der Waals surface area contributed by atoms with Crippen LogP contribution in [0.1, 0.15) is 21.4 Å². The molecular formula is C14H12Cl2O2S. The van der Waals surface area contributed by atoms with Gasteiger partial charge in [0.1, 0.15) is 13.2 Å². The molecule has 3 rings (SSSR count). The molecule has 0 amide bonds. The summed E-state index contributed by atoms with van der Waals surface area (Å²) in [7, 11) is 0. The van der Waals surface area contributed by atoms with Crippen LogP contribution in [0.25, 0.3) is 0 Å². The van der Waals surface area contributed by atoms with Gasteiger partial charge in [0, 0.05) is 16.0 Å². The highest BCUT2D eigenvalue weighted by Gasteiger charge is 2.22. The zero-order chi connectivity index (χ0) is 13.4. The highest BCUT2D eigenvalue weighted by Crippen LogP contribution is 2.43. The maximum atomic E-state index is 6.56. The van der Waals surface area contributed by atoms with Crippen LogP contribution in [0, 0.1) is 6.92 Å². The molecule has 1 aliphatic rings. The van der Waals surface area contributed by atoms with Crippen molar-refractivity contribution in [3.05, 3.63) is 44.6 Å². The molecule has 0 spiro atoms. The number of aryl methyl sites for hydroxylation is 1. The minimum absolute atomic E-state index is 0.261. The van der Waals surface area contributed by atoms with E-state index in [1.807, 2.05) is 18.4 Å². The first-order chi connectivity index (χ1) is 9.16. The smallest absolute Gasteiger partial charge is 0.162 e. The quantitative estimate of drug-likeness (QED) is 0.741. The van der Waals surface area contributed by atoms with Gasteiger partial charge in [-0.3, -0.25) is 0 Å². The summed E-state index contributed by atoms with van der Waals surface area (Å²) in [5.41, 5.74) is 2.04. The monoisotopic (exact) mass is 314 g/mol. The molecule has 1 aromatic carbocycles. The van der Waals surface area contributed by atoms with Gasteiger partial charge in [-0.2, -0.15) is 0 Å². The van der Waals surface area contributed by atoms with E-state index in [9.17, 15) is 0 Å². The Bertz CT molecular complexity index is 609. The zero-order valence-electron chi connectivity index (χ0n) is 10.3. The molecule has 2 heterocycles. The summed E-state index contributed by atoms with van der Waals surface area (Å²) in [5, 5.41) is 2.38. The lowest BCUT2D eigenvalue weighted by Gasteiger charge is -2.21. The topological polar surface area (TPSA) is 18.5 Å². The molecule has 5 heteroatoms. The van der Waals surface area contributed by atoms with Crippen LogP contribution < -0.4 is 9.47 Å². The van der Waals surface area contributed by atoms with Crippen LogP contribution in [0.2, 0.25) is 5.02 Å². The van der Waals surface area contributed by atoms with Gasteiger partial charge in [-0.25, -0.2) is 0 Å².